The Morgan fingerprint density at radius 3 is 2.80 bits per heavy atom. The first-order valence-electron chi connectivity index (χ1n) is 5.39. The van der Waals surface area contributed by atoms with Crippen LogP contribution in [0.5, 0.6) is 0 Å². The van der Waals surface area contributed by atoms with Crippen molar-refractivity contribution in [3.8, 4) is 0 Å². The quantitative estimate of drug-likeness (QED) is 0.739. The molecule has 1 heteroatoms. The predicted molar refractivity (Wildman–Crippen MR) is 65.4 cm³/mol. The lowest BCUT2D eigenvalue weighted by molar-refractivity contribution is 0.639. The lowest BCUT2D eigenvalue weighted by atomic mass is 9.86. The van der Waals surface area contributed by atoms with Crippen LogP contribution >= 0.6 is 0 Å². The van der Waals surface area contributed by atoms with Gasteiger partial charge in [-0.3, -0.25) is 0 Å². The molecule has 2 atom stereocenters. The molecule has 0 bridgehead atoms. The highest BCUT2D eigenvalue weighted by Gasteiger charge is 2.18. The number of nitrogens with two attached hydrogens (primary N) is 1. The van der Waals surface area contributed by atoms with Crippen LogP contribution in [0.2, 0.25) is 0 Å². The molecule has 1 aromatic rings. The Labute approximate surface area is 91.3 Å². The van der Waals surface area contributed by atoms with Gasteiger partial charge in [0.15, 0.2) is 0 Å². The Bertz CT molecular complexity index is 415. The molecule has 15 heavy (non-hydrogen) atoms. The second-order valence-electron chi connectivity index (χ2n) is 4.26. The van der Waals surface area contributed by atoms with Gasteiger partial charge in [-0.05, 0) is 24.0 Å². The van der Waals surface area contributed by atoms with Crippen LogP contribution in [-0.4, -0.2) is 6.04 Å². The summed E-state index contributed by atoms with van der Waals surface area (Å²) in [7, 11) is 0. The fourth-order valence-electron chi connectivity index (χ4n) is 1.96. The van der Waals surface area contributed by atoms with Crippen molar-refractivity contribution in [2.45, 2.75) is 19.9 Å². The minimum absolute atomic E-state index is 0.122. The van der Waals surface area contributed by atoms with Gasteiger partial charge in [-0.1, -0.05) is 55.0 Å². The summed E-state index contributed by atoms with van der Waals surface area (Å²) < 4.78 is 0. The minimum atomic E-state index is 0.122. The fourth-order valence-corrected chi connectivity index (χ4v) is 1.96. The maximum absolute atomic E-state index is 6.19. The molecule has 0 heterocycles. The normalized spacial score (nSPS) is 25.1. The van der Waals surface area contributed by atoms with E-state index in [2.05, 4.69) is 56.3 Å². The summed E-state index contributed by atoms with van der Waals surface area (Å²) in [5.41, 5.74) is 9.96. The van der Waals surface area contributed by atoms with E-state index in [0.29, 0.717) is 5.92 Å². The van der Waals surface area contributed by atoms with Gasteiger partial charge < -0.3 is 5.73 Å². The third kappa shape index (κ3) is 2.02. The molecule has 1 aliphatic carbocycles. The van der Waals surface area contributed by atoms with Gasteiger partial charge in [0, 0.05) is 6.04 Å². The second-order valence-corrected chi connectivity index (χ2v) is 4.26. The van der Waals surface area contributed by atoms with Crippen LogP contribution in [0.1, 0.15) is 18.1 Å². The van der Waals surface area contributed by atoms with Crippen molar-refractivity contribution in [1.29, 1.82) is 0 Å². The summed E-state index contributed by atoms with van der Waals surface area (Å²) in [4.78, 5) is 0. The maximum Gasteiger partial charge on any atom is 0.0361 e. The molecule has 1 nitrogen and oxygen atoms in total. The highest BCUT2D eigenvalue weighted by atomic mass is 14.7. The number of hydrogen-bond donors (Lipinski definition) is 1. The molecule has 78 valence electrons. The van der Waals surface area contributed by atoms with Crippen molar-refractivity contribution in [2.75, 3.05) is 0 Å². The zero-order valence-corrected chi connectivity index (χ0v) is 9.27. The van der Waals surface area contributed by atoms with Crippen LogP contribution in [0, 0.1) is 12.8 Å². The van der Waals surface area contributed by atoms with Crippen LogP contribution < -0.4 is 5.73 Å². The second kappa shape index (κ2) is 4.03. The number of aryl methyl sites for hydroxylation is 1. The molecular formula is C14H17N. The van der Waals surface area contributed by atoms with Gasteiger partial charge in [0.2, 0.25) is 0 Å². The van der Waals surface area contributed by atoms with E-state index in [1.165, 1.54) is 16.7 Å². The van der Waals surface area contributed by atoms with Gasteiger partial charge in [0.25, 0.3) is 0 Å². The number of benzene rings is 1. The minimum Gasteiger partial charge on any atom is -0.323 e. The third-order valence-electron chi connectivity index (χ3n) is 2.97. The molecule has 1 aliphatic rings. The van der Waals surface area contributed by atoms with Gasteiger partial charge in [-0.15, -0.1) is 0 Å². The SMILES string of the molecule is Cc1cccc(C2=CC=CC(C)C2N)c1. The van der Waals surface area contributed by atoms with E-state index >= 15 is 0 Å². The summed E-state index contributed by atoms with van der Waals surface area (Å²) in [5.74, 6) is 0.422. The molecule has 2 unspecified atom stereocenters. The molecule has 0 aromatic heterocycles. The van der Waals surface area contributed by atoms with Crippen LogP contribution in [0.25, 0.3) is 5.57 Å². The molecular weight excluding hydrogens is 182 g/mol. The lowest BCUT2D eigenvalue weighted by Gasteiger charge is -2.23. The zero-order chi connectivity index (χ0) is 10.8. The number of hydrogen-bond acceptors (Lipinski definition) is 1. The first kappa shape index (κ1) is 10.2. The van der Waals surface area contributed by atoms with Crippen LogP contribution in [0.15, 0.2) is 42.5 Å². The van der Waals surface area contributed by atoms with Crippen LogP contribution in [0.4, 0.5) is 0 Å². The van der Waals surface area contributed by atoms with Gasteiger partial charge in [0.1, 0.15) is 0 Å². The van der Waals surface area contributed by atoms with E-state index in [-0.39, 0.29) is 6.04 Å². The lowest BCUT2D eigenvalue weighted by Crippen LogP contribution is -2.29. The molecule has 0 radical (unpaired) electrons. The standard InChI is InChI=1S/C14H17N/c1-10-5-3-7-12(9-10)13-8-4-6-11(2)14(13)15/h3-9,11,14H,15H2,1-2H3. The van der Waals surface area contributed by atoms with Crippen molar-refractivity contribution in [1.82, 2.24) is 0 Å². The number of allylic oxidation sites excluding steroid dienone is 2. The maximum atomic E-state index is 6.19. The Kier molecular flexibility index (Phi) is 2.74. The summed E-state index contributed by atoms with van der Waals surface area (Å²) in [6, 6.07) is 8.64. The molecule has 0 fully saturated rings. The smallest absolute Gasteiger partial charge is 0.0361 e. The summed E-state index contributed by atoms with van der Waals surface area (Å²) in [6.07, 6.45) is 6.38. The number of rotatable bonds is 1. The average molecular weight is 199 g/mol. The van der Waals surface area contributed by atoms with E-state index in [9.17, 15) is 0 Å². The Balaban J connectivity index is 2.39. The van der Waals surface area contributed by atoms with Gasteiger partial charge in [0.05, 0.1) is 0 Å². The molecule has 0 amide bonds. The van der Waals surface area contributed by atoms with Crippen molar-refractivity contribution in [3.63, 3.8) is 0 Å². The van der Waals surface area contributed by atoms with Gasteiger partial charge in [-0.2, -0.15) is 0 Å². The fraction of sp³-hybridized carbons (Fsp3) is 0.286. The summed E-state index contributed by atoms with van der Waals surface area (Å²) in [6.45, 7) is 4.27. The Morgan fingerprint density at radius 2 is 2.07 bits per heavy atom. The third-order valence-corrected chi connectivity index (χ3v) is 2.97. The Hall–Kier alpha value is -1.34. The highest BCUT2D eigenvalue weighted by Crippen LogP contribution is 2.26. The molecule has 2 N–H and O–H groups in total. The summed E-state index contributed by atoms with van der Waals surface area (Å²) in [5, 5.41) is 0. The summed E-state index contributed by atoms with van der Waals surface area (Å²) >= 11 is 0. The van der Waals surface area contributed by atoms with Crippen LogP contribution in [0.3, 0.4) is 0 Å². The Morgan fingerprint density at radius 1 is 1.27 bits per heavy atom. The average Bonchev–Trinajstić information content (AvgIpc) is 2.22. The van der Waals surface area contributed by atoms with E-state index < -0.39 is 0 Å². The predicted octanol–water partition coefficient (Wildman–Crippen LogP) is 2.91. The van der Waals surface area contributed by atoms with E-state index in [1.807, 2.05) is 0 Å². The van der Waals surface area contributed by atoms with Crippen LogP contribution in [-0.2, 0) is 0 Å². The molecule has 0 aliphatic heterocycles. The van der Waals surface area contributed by atoms with Gasteiger partial charge >= 0.3 is 0 Å². The van der Waals surface area contributed by atoms with E-state index in [1.54, 1.807) is 0 Å². The van der Waals surface area contributed by atoms with Gasteiger partial charge in [-0.25, -0.2) is 0 Å². The highest BCUT2D eigenvalue weighted by molar-refractivity contribution is 5.72. The molecule has 2 rings (SSSR count). The molecule has 0 saturated heterocycles. The molecule has 0 saturated carbocycles. The van der Waals surface area contributed by atoms with Crippen molar-refractivity contribution >= 4 is 5.57 Å². The zero-order valence-electron chi connectivity index (χ0n) is 9.27. The van der Waals surface area contributed by atoms with E-state index in [0.717, 1.165) is 0 Å². The van der Waals surface area contributed by atoms with E-state index in [4.69, 9.17) is 5.73 Å². The monoisotopic (exact) mass is 199 g/mol. The largest absolute Gasteiger partial charge is 0.323 e. The van der Waals surface area contributed by atoms with Crippen molar-refractivity contribution in [2.24, 2.45) is 11.7 Å². The molecule has 1 aromatic carbocycles. The first-order chi connectivity index (χ1) is 7.18. The topological polar surface area (TPSA) is 26.0 Å². The van der Waals surface area contributed by atoms with Crippen molar-refractivity contribution < 1.29 is 0 Å². The van der Waals surface area contributed by atoms with Crippen molar-refractivity contribution in [3.05, 3.63) is 53.6 Å². The molecule has 0 spiro atoms. The first-order valence-corrected chi connectivity index (χ1v) is 5.39.